The molecular weight excluding hydrogens is 418 g/mol. The summed E-state index contributed by atoms with van der Waals surface area (Å²) in [7, 11) is 0. The van der Waals surface area contributed by atoms with E-state index in [-0.39, 0.29) is 25.2 Å². The number of carbonyl (C=O) groups is 1. The second-order valence-electron chi connectivity index (χ2n) is 7.20. The van der Waals surface area contributed by atoms with Gasteiger partial charge in [-0.25, -0.2) is 4.98 Å². The molecule has 3 aromatic rings. The Morgan fingerprint density at radius 3 is 2.74 bits per heavy atom. The van der Waals surface area contributed by atoms with E-state index in [1.165, 1.54) is 0 Å². The Kier molecular flexibility index (Phi) is 7.62. The molecule has 4 N–H and O–H groups in total. The van der Waals surface area contributed by atoms with Crippen LogP contribution in [0.4, 0.5) is 5.95 Å². The lowest BCUT2D eigenvalue weighted by Gasteiger charge is -2.16. The maximum atomic E-state index is 12.8. The molecule has 0 aliphatic heterocycles. The summed E-state index contributed by atoms with van der Waals surface area (Å²) in [6.45, 7) is 3.57. The highest BCUT2D eigenvalue weighted by Crippen LogP contribution is 2.19. The van der Waals surface area contributed by atoms with Crippen LogP contribution in [0.2, 0.25) is 5.02 Å². The second-order valence-corrected chi connectivity index (χ2v) is 7.64. The van der Waals surface area contributed by atoms with E-state index < -0.39 is 6.04 Å². The van der Waals surface area contributed by atoms with Crippen molar-refractivity contribution in [2.75, 3.05) is 18.5 Å². The molecule has 0 radical (unpaired) electrons. The molecule has 0 saturated heterocycles. The van der Waals surface area contributed by atoms with Gasteiger partial charge in [0.2, 0.25) is 5.95 Å². The zero-order valence-electron chi connectivity index (χ0n) is 17.4. The number of nitrogens with zero attached hydrogens (tertiary/aromatic N) is 3. The summed E-state index contributed by atoms with van der Waals surface area (Å²) in [5.41, 5.74) is 1.98. The maximum Gasteiger partial charge on any atom is 0.253 e. The summed E-state index contributed by atoms with van der Waals surface area (Å²) < 4.78 is 1.74. The van der Waals surface area contributed by atoms with Crippen molar-refractivity contribution in [3.05, 3.63) is 70.6 Å². The number of hydrogen-bond acceptors (Lipinski definition) is 6. The normalized spacial score (nSPS) is 12.9. The third kappa shape index (κ3) is 5.61. The Labute approximate surface area is 185 Å². The standard InChI is InChI=1S/C22H26ClN5O3/c1-3-18(12-29)25-22-24-10-14(2)20(27-22)28-8-7-16(11-28)21(31)26-19(13-30)15-5-4-6-17(23)9-15/h4-11,18-19,29-30H,3,12-13H2,1-2H3,(H,26,31)(H,24,25,27)/t18?,19-/m0/s1. The van der Waals surface area contributed by atoms with Gasteiger partial charge in [0.1, 0.15) is 5.82 Å². The highest BCUT2D eigenvalue weighted by molar-refractivity contribution is 6.30. The fraction of sp³-hybridized carbons (Fsp3) is 0.318. The first kappa shape index (κ1) is 22.7. The molecule has 0 bridgehead atoms. The van der Waals surface area contributed by atoms with E-state index in [1.54, 1.807) is 53.5 Å². The molecule has 8 nitrogen and oxygen atoms in total. The van der Waals surface area contributed by atoms with Crippen molar-refractivity contribution in [1.29, 1.82) is 0 Å². The quantitative estimate of drug-likeness (QED) is 0.404. The number of benzene rings is 1. The number of aromatic nitrogens is 3. The topological polar surface area (TPSA) is 112 Å². The molecule has 2 heterocycles. The van der Waals surface area contributed by atoms with Crippen molar-refractivity contribution in [3.63, 3.8) is 0 Å². The van der Waals surface area contributed by atoms with Crippen LogP contribution in [0.3, 0.4) is 0 Å². The zero-order chi connectivity index (χ0) is 22.4. The van der Waals surface area contributed by atoms with Crippen molar-refractivity contribution >= 4 is 23.5 Å². The number of anilines is 1. The van der Waals surface area contributed by atoms with E-state index in [0.717, 1.165) is 17.5 Å². The summed E-state index contributed by atoms with van der Waals surface area (Å²) >= 11 is 6.02. The Bertz CT molecular complexity index is 1040. The van der Waals surface area contributed by atoms with Crippen molar-refractivity contribution in [2.45, 2.75) is 32.4 Å². The van der Waals surface area contributed by atoms with Crippen LogP contribution in [0.15, 0.2) is 48.9 Å². The molecule has 164 valence electrons. The number of aliphatic hydroxyl groups is 2. The lowest BCUT2D eigenvalue weighted by atomic mass is 10.1. The molecule has 1 unspecified atom stereocenters. The largest absolute Gasteiger partial charge is 0.394 e. The lowest BCUT2D eigenvalue weighted by Crippen LogP contribution is -2.30. The molecule has 0 aliphatic rings. The number of hydrogen-bond donors (Lipinski definition) is 4. The van der Waals surface area contributed by atoms with E-state index in [1.807, 2.05) is 13.8 Å². The van der Waals surface area contributed by atoms with Crippen LogP contribution in [-0.2, 0) is 0 Å². The molecule has 1 amide bonds. The van der Waals surface area contributed by atoms with E-state index in [0.29, 0.717) is 22.4 Å². The minimum Gasteiger partial charge on any atom is -0.394 e. The number of aryl methyl sites for hydroxylation is 1. The van der Waals surface area contributed by atoms with Gasteiger partial charge in [-0.3, -0.25) is 4.79 Å². The van der Waals surface area contributed by atoms with Gasteiger partial charge in [-0.2, -0.15) is 4.98 Å². The van der Waals surface area contributed by atoms with Crippen LogP contribution in [0.1, 0.15) is 40.9 Å². The average Bonchev–Trinajstić information content (AvgIpc) is 3.27. The predicted octanol–water partition coefficient (Wildman–Crippen LogP) is 2.88. The van der Waals surface area contributed by atoms with Crippen LogP contribution < -0.4 is 10.6 Å². The van der Waals surface area contributed by atoms with Crippen molar-refractivity contribution in [1.82, 2.24) is 19.9 Å². The molecule has 2 atom stereocenters. The molecule has 31 heavy (non-hydrogen) atoms. The second kappa shape index (κ2) is 10.4. The number of halogens is 1. The zero-order valence-corrected chi connectivity index (χ0v) is 18.2. The minimum absolute atomic E-state index is 0.0183. The number of amides is 1. The van der Waals surface area contributed by atoms with Gasteiger partial charge < -0.3 is 25.4 Å². The highest BCUT2D eigenvalue weighted by atomic mass is 35.5. The monoisotopic (exact) mass is 443 g/mol. The molecular formula is C22H26ClN5O3. The van der Waals surface area contributed by atoms with Gasteiger partial charge in [0.25, 0.3) is 5.91 Å². The third-order valence-electron chi connectivity index (χ3n) is 4.93. The first-order valence-corrected chi connectivity index (χ1v) is 10.4. The summed E-state index contributed by atoms with van der Waals surface area (Å²) in [6.07, 6.45) is 5.83. The Hall–Kier alpha value is -2.94. The molecule has 0 spiro atoms. The van der Waals surface area contributed by atoms with Crippen molar-refractivity contribution in [2.24, 2.45) is 0 Å². The van der Waals surface area contributed by atoms with Gasteiger partial charge >= 0.3 is 0 Å². The van der Waals surface area contributed by atoms with E-state index in [2.05, 4.69) is 20.6 Å². The molecule has 9 heteroatoms. The predicted molar refractivity (Wildman–Crippen MR) is 120 cm³/mol. The Balaban J connectivity index is 1.78. The van der Waals surface area contributed by atoms with Gasteiger partial charge in [-0.05, 0) is 37.1 Å². The number of nitrogens with one attached hydrogen (secondary N) is 2. The first-order chi connectivity index (χ1) is 14.9. The summed E-state index contributed by atoms with van der Waals surface area (Å²) in [5, 5.41) is 25.6. The van der Waals surface area contributed by atoms with Gasteiger partial charge in [-0.1, -0.05) is 30.7 Å². The average molecular weight is 444 g/mol. The van der Waals surface area contributed by atoms with Crippen LogP contribution >= 0.6 is 11.6 Å². The third-order valence-corrected chi connectivity index (χ3v) is 5.17. The highest BCUT2D eigenvalue weighted by Gasteiger charge is 2.17. The number of carbonyl (C=O) groups excluding carboxylic acids is 1. The van der Waals surface area contributed by atoms with Gasteiger partial charge in [0.15, 0.2) is 0 Å². The number of rotatable bonds is 9. The molecule has 1 aromatic carbocycles. The van der Waals surface area contributed by atoms with Crippen LogP contribution in [-0.4, -0.2) is 49.9 Å². The van der Waals surface area contributed by atoms with Crippen LogP contribution in [0.25, 0.3) is 5.82 Å². The van der Waals surface area contributed by atoms with E-state index >= 15 is 0 Å². The fourth-order valence-corrected chi connectivity index (χ4v) is 3.28. The smallest absolute Gasteiger partial charge is 0.253 e. The lowest BCUT2D eigenvalue weighted by molar-refractivity contribution is 0.0916. The van der Waals surface area contributed by atoms with Gasteiger partial charge in [0, 0.05) is 29.2 Å². The van der Waals surface area contributed by atoms with Crippen molar-refractivity contribution < 1.29 is 15.0 Å². The van der Waals surface area contributed by atoms with Crippen molar-refractivity contribution in [3.8, 4) is 5.82 Å². The Morgan fingerprint density at radius 2 is 2.06 bits per heavy atom. The molecule has 3 rings (SSSR count). The summed E-state index contributed by atoms with van der Waals surface area (Å²) in [5.74, 6) is 0.703. The van der Waals surface area contributed by atoms with E-state index in [4.69, 9.17) is 11.6 Å². The molecule has 0 saturated carbocycles. The molecule has 0 aliphatic carbocycles. The van der Waals surface area contributed by atoms with Gasteiger partial charge in [0.05, 0.1) is 30.9 Å². The van der Waals surface area contributed by atoms with Crippen LogP contribution in [0, 0.1) is 6.92 Å². The van der Waals surface area contributed by atoms with E-state index in [9.17, 15) is 15.0 Å². The summed E-state index contributed by atoms with van der Waals surface area (Å²) in [6, 6.07) is 7.98. The van der Waals surface area contributed by atoms with Gasteiger partial charge in [-0.15, -0.1) is 0 Å². The van der Waals surface area contributed by atoms with Crippen LogP contribution in [0.5, 0.6) is 0 Å². The summed E-state index contributed by atoms with van der Waals surface area (Å²) in [4.78, 5) is 21.5. The molecule has 0 fully saturated rings. The maximum absolute atomic E-state index is 12.8. The number of aliphatic hydroxyl groups excluding tert-OH is 2. The first-order valence-electron chi connectivity index (χ1n) is 10.0. The minimum atomic E-state index is -0.574. The molecule has 2 aromatic heterocycles. The SMILES string of the molecule is CCC(CO)Nc1ncc(C)c(-n2ccc(C(=O)N[C@@H](CO)c3cccc(Cl)c3)c2)n1. The fourth-order valence-electron chi connectivity index (χ4n) is 3.09. The Morgan fingerprint density at radius 1 is 1.26 bits per heavy atom.